The van der Waals surface area contributed by atoms with E-state index in [-0.39, 0.29) is 18.9 Å². The van der Waals surface area contributed by atoms with Crippen LogP contribution in [0.2, 0.25) is 0 Å². The van der Waals surface area contributed by atoms with Crippen molar-refractivity contribution in [1.29, 1.82) is 0 Å². The lowest BCUT2D eigenvalue weighted by molar-refractivity contribution is -0.136. The molecule has 36 heavy (non-hydrogen) atoms. The number of carbonyl (C=O) groups excluding carboxylic acids is 1. The lowest BCUT2D eigenvalue weighted by Crippen LogP contribution is -2.26. The van der Waals surface area contributed by atoms with E-state index in [9.17, 15) is 9.59 Å². The van der Waals surface area contributed by atoms with Crippen LogP contribution < -0.4 is 15.0 Å². The summed E-state index contributed by atoms with van der Waals surface area (Å²) in [7, 11) is 1.65. The van der Waals surface area contributed by atoms with Crippen LogP contribution in [-0.4, -0.2) is 35.6 Å². The van der Waals surface area contributed by atoms with Gasteiger partial charge >= 0.3 is 5.97 Å². The minimum atomic E-state index is -0.947. The number of aliphatic carboxylic acids is 1. The molecule has 0 aliphatic carbocycles. The first-order valence-corrected chi connectivity index (χ1v) is 13.1. The number of methoxy groups -OCH3 is 1. The minimum absolute atomic E-state index is 0.0923. The van der Waals surface area contributed by atoms with Gasteiger partial charge in [-0.3, -0.25) is 9.59 Å². The Bertz CT molecular complexity index is 1340. The van der Waals surface area contributed by atoms with Gasteiger partial charge in [-0.2, -0.15) is 0 Å². The van der Waals surface area contributed by atoms with E-state index < -0.39 is 5.97 Å². The topological polar surface area (TPSA) is 91.8 Å². The van der Waals surface area contributed by atoms with Crippen LogP contribution in [0.15, 0.2) is 78.2 Å². The molecule has 184 valence electrons. The number of nitrogens with zero attached hydrogens (tertiary/aromatic N) is 2. The van der Waals surface area contributed by atoms with Gasteiger partial charge in [0.25, 0.3) is 5.91 Å². The van der Waals surface area contributed by atoms with E-state index in [0.717, 1.165) is 37.0 Å². The largest absolute Gasteiger partial charge is 0.496 e. The van der Waals surface area contributed by atoms with Gasteiger partial charge in [-0.05, 0) is 76.7 Å². The van der Waals surface area contributed by atoms with E-state index in [1.165, 1.54) is 0 Å². The van der Waals surface area contributed by atoms with Crippen LogP contribution in [0.25, 0.3) is 11.3 Å². The fraction of sp³-hybridized carbons (Fsp3) is 0.148. The van der Waals surface area contributed by atoms with Gasteiger partial charge in [0.2, 0.25) is 0 Å². The molecule has 0 unspecified atom stereocenters. The van der Waals surface area contributed by atoms with Crippen molar-refractivity contribution in [2.75, 3.05) is 18.6 Å². The highest BCUT2D eigenvalue weighted by Gasteiger charge is 2.17. The molecule has 0 atom stereocenters. The summed E-state index contributed by atoms with van der Waals surface area (Å²) in [5.41, 5.74) is 4.27. The molecule has 0 bridgehead atoms. The molecule has 0 aliphatic heterocycles. The van der Waals surface area contributed by atoms with Gasteiger partial charge in [0, 0.05) is 32.3 Å². The number of ether oxygens (including phenoxy) is 1. The van der Waals surface area contributed by atoms with Crippen LogP contribution in [0.3, 0.4) is 0 Å². The molecular weight excluding hydrogens is 589 g/mol. The fourth-order valence-corrected chi connectivity index (χ4v) is 4.79. The summed E-state index contributed by atoms with van der Waals surface area (Å²) >= 11 is 3.84. The Morgan fingerprint density at radius 3 is 2.47 bits per heavy atom. The van der Waals surface area contributed by atoms with Gasteiger partial charge in [-0.1, -0.05) is 24.3 Å². The van der Waals surface area contributed by atoms with Crippen LogP contribution in [-0.2, 0) is 11.3 Å². The van der Waals surface area contributed by atoms with Crippen LogP contribution in [0.4, 0.5) is 10.8 Å². The Labute approximate surface area is 226 Å². The highest BCUT2D eigenvalue weighted by Crippen LogP contribution is 2.36. The highest BCUT2D eigenvalue weighted by molar-refractivity contribution is 14.1. The molecular formula is C27H24IN3O4S. The van der Waals surface area contributed by atoms with Crippen molar-refractivity contribution in [2.24, 2.45) is 0 Å². The van der Waals surface area contributed by atoms with E-state index in [0.29, 0.717) is 12.1 Å². The van der Waals surface area contributed by atoms with Crippen molar-refractivity contribution in [2.45, 2.75) is 13.0 Å². The number of hydrogen-bond donors (Lipinski definition) is 2. The summed E-state index contributed by atoms with van der Waals surface area (Å²) in [6, 6.07) is 23.4. The number of benzene rings is 3. The lowest BCUT2D eigenvalue weighted by Gasteiger charge is -2.22. The summed E-state index contributed by atoms with van der Waals surface area (Å²) in [6.07, 6.45) is -0.112. The molecule has 3 aromatic carbocycles. The van der Waals surface area contributed by atoms with Gasteiger partial charge in [-0.15, -0.1) is 11.3 Å². The highest BCUT2D eigenvalue weighted by atomic mass is 127. The number of para-hydroxylation sites is 1. The van der Waals surface area contributed by atoms with Crippen molar-refractivity contribution in [1.82, 2.24) is 10.3 Å². The number of anilines is 2. The molecule has 4 aromatic rings. The SMILES string of the molecule is COc1ccccc1-c1csc(N(Cc2ccc(C(=O)NCCC(=O)O)cc2)c2ccc(I)cc2)n1. The molecule has 2 N–H and O–H groups in total. The van der Waals surface area contributed by atoms with Crippen LogP contribution in [0.5, 0.6) is 5.75 Å². The second-order valence-electron chi connectivity index (χ2n) is 7.87. The van der Waals surface area contributed by atoms with E-state index in [1.54, 1.807) is 30.6 Å². The summed E-state index contributed by atoms with van der Waals surface area (Å²) in [5, 5.41) is 14.2. The van der Waals surface area contributed by atoms with Crippen LogP contribution in [0.1, 0.15) is 22.3 Å². The van der Waals surface area contributed by atoms with Gasteiger partial charge in [-0.25, -0.2) is 4.98 Å². The standard InChI is InChI=1S/C27H24IN3O4S/c1-35-24-5-3-2-4-22(24)23-17-36-27(30-23)31(21-12-10-20(28)11-13-21)16-18-6-8-19(9-7-18)26(34)29-15-14-25(32)33/h2-13,17H,14-16H2,1H3,(H,29,34)(H,32,33). The molecule has 9 heteroatoms. The maximum Gasteiger partial charge on any atom is 0.305 e. The number of rotatable bonds is 10. The van der Waals surface area contributed by atoms with Gasteiger partial charge in [0.15, 0.2) is 5.13 Å². The number of thiazole rings is 1. The third-order valence-electron chi connectivity index (χ3n) is 5.43. The van der Waals surface area contributed by atoms with Crippen molar-refractivity contribution in [3.8, 4) is 17.0 Å². The first-order valence-electron chi connectivity index (χ1n) is 11.2. The van der Waals surface area contributed by atoms with Crippen molar-refractivity contribution < 1.29 is 19.4 Å². The zero-order chi connectivity index (χ0) is 25.5. The number of nitrogens with one attached hydrogen (secondary N) is 1. The predicted octanol–water partition coefficient (Wildman–Crippen LogP) is 5.97. The Balaban J connectivity index is 1.58. The van der Waals surface area contributed by atoms with Gasteiger partial charge in [0.05, 0.1) is 25.8 Å². The van der Waals surface area contributed by atoms with Crippen molar-refractivity contribution in [3.05, 3.63) is 92.9 Å². The first kappa shape index (κ1) is 25.6. The second-order valence-corrected chi connectivity index (χ2v) is 9.96. The first-order chi connectivity index (χ1) is 17.4. The number of amides is 1. The number of carboxylic acid groups (broad SMARTS) is 1. The predicted molar refractivity (Wildman–Crippen MR) is 150 cm³/mol. The monoisotopic (exact) mass is 613 g/mol. The number of aromatic nitrogens is 1. The molecule has 0 saturated heterocycles. The number of carbonyl (C=O) groups is 2. The molecule has 0 spiro atoms. The fourth-order valence-electron chi connectivity index (χ4n) is 3.59. The third-order valence-corrected chi connectivity index (χ3v) is 7.01. The van der Waals surface area contributed by atoms with E-state index in [2.05, 4.69) is 57.1 Å². The summed E-state index contributed by atoms with van der Waals surface area (Å²) in [5.74, 6) is -0.469. The maximum atomic E-state index is 12.3. The molecule has 4 rings (SSSR count). The average Bonchev–Trinajstić information content (AvgIpc) is 3.38. The molecule has 1 amide bonds. The van der Waals surface area contributed by atoms with Crippen molar-refractivity contribution in [3.63, 3.8) is 0 Å². The summed E-state index contributed by atoms with van der Waals surface area (Å²) in [4.78, 5) is 30.0. The number of carboxylic acids is 1. The minimum Gasteiger partial charge on any atom is -0.496 e. The quantitative estimate of drug-likeness (QED) is 0.215. The maximum absolute atomic E-state index is 12.3. The number of halogens is 1. The molecule has 7 nitrogen and oxygen atoms in total. The Morgan fingerprint density at radius 2 is 1.78 bits per heavy atom. The van der Waals surface area contributed by atoms with Crippen molar-refractivity contribution >= 4 is 56.6 Å². The molecule has 1 aromatic heterocycles. The molecule has 0 radical (unpaired) electrons. The summed E-state index contributed by atoms with van der Waals surface area (Å²) in [6.45, 7) is 0.648. The van der Waals surface area contributed by atoms with Crippen LogP contribution in [0, 0.1) is 3.57 Å². The smallest absolute Gasteiger partial charge is 0.305 e. The second kappa shape index (κ2) is 12.0. The Kier molecular flexibility index (Phi) is 8.55. The molecule has 1 heterocycles. The number of hydrogen-bond acceptors (Lipinski definition) is 6. The van der Waals surface area contributed by atoms with E-state index >= 15 is 0 Å². The van der Waals surface area contributed by atoms with Crippen LogP contribution >= 0.6 is 33.9 Å². The lowest BCUT2D eigenvalue weighted by atomic mass is 10.1. The molecule has 0 aliphatic rings. The zero-order valence-electron chi connectivity index (χ0n) is 19.5. The van der Waals surface area contributed by atoms with Gasteiger partial charge < -0.3 is 20.1 Å². The van der Waals surface area contributed by atoms with E-state index in [4.69, 9.17) is 14.8 Å². The zero-order valence-corrected chi connectivity index (χ0v) is 22.5. The summed E-state index contributed by atoms with van der Waals surface area (Å²) < 4.78 is 6.66. The molecule has 0 saturated carbocycles. The molecule has 0 fully saturated rings. The normalized spacial score (nSPS) is 10.6. The van der Waals surface area contributed by atoms with E-state index in [1.807, 2.05) is 41.8 Å². The average molecular weight is 613 g/mol. The third kappa shape index (κ3) is 6.41. The van der Waals surface area contributed by atoms with Gasteiger partial charge in [0.1, 0.15) is 5.75 Å². The Hall–Kier alpha value is -3.44. The Morgan fingerprint density at radius 1 is 1.06 bits per heavy atom.